The number of amidine groups is 1. The van der Waals surface area contributed by atoms with Gasteiger partial charge in [-0.25, -0.2) is 9.98 Å². The molecule has 0 aliphatic heterocycles. The van der Waals surface area contributed by atoms with E-state index in [1.165, 1.54) is 0 Å². The smallest absolute Gasteiger partial charge is 0.104 e. The van der Waals surface area contributed by atoms with Crippen molar-refractivity contribution in [1.29, 1.82) is 0 Å². The number of fused-ring (bicyclic) bond motifs is 1. The summed E-state index contributed by atoms with van der Waals surface area (Å²) in [7, 11) is 0. The summed E-state index contributed by atoms with van der Waals surface area (Å²) in [6.45, 7) is 3.69. The third kappa shape index (κ3) is 1.59. The molecule has 2 rings (SSSR count). The fourth-order valence-corrected chi connectivity index (χ4v) is 1.40. The molecular weight excluding hydrogens is 176 g/mol. The number of aryl methyl sites for hydroxylation is 1. The van der Waals surface area contributed by atoms with Crippen molar-refractivity contribution < 1.29 is 0 Å². The number of hydrogen-bond acceptors (Lipinski definition) is 2. The van der Waals surface area contributed by atoms with E-state index in [0.29, 0.717) is 5.84 Å². The minimum atomic E-state index is 0.556. The molecule has 0 amide bonds. The summed E-state index contributed by atoms with van der Waals surface area (Å²) in [4.78, 5) is 11.6. The largest absolute Gasteiger partial charge is 0.387 e. The van der Waals surface area contributed by atoms with Gasteiger partial charge in [0.25, 0.3) is 0 Å². The maximum Gasteiger partial charge on any atom is 0.104 e. The van der Waals surface area contributed by atoms with Crippen LogP contribution >= 0.6 is 0 Å². The summed E-state index contributed by atoms with van der Waals surface area (Å²) in [5.41, 5.74) is 8.29. The molecule has 2 aromatic rings. The summed E-state index contributed by atoms with van der Waals surface area (Å²) in [5, 5.41) is 0. The molecule has 4 nitrogen and oxygen atoms in total. The predicted molar refractivity (Wildman–Crippen MR) is 57.8 cm³/mol. The molecule has 0 saturated heterocycles. The van der Waals surface area contributed by atoms with E-state index in [1.54, 1.807) is 6.92 Å². The van der Waals surface area contributed by atoms with Crippen molar-refractivity contribution in [3.63, 3.8) is 0 Å². The lowest BCUT2D eigenvalue weighted by Crippen LogP contribution is -2.03. The number of rotatable bonds is 1. The molecule has 0 atom stereocenters. The highest BCUT2D eigenvalue weighted by molar-refractivity contribution is 5.84. The van der Waals surface area contributed by atoms with Gasteiger partial charge >= 0.3 is 0 Å². The Bertz CT molecular complexity index is 492. The Morgan fingerprint density at radius 1 is 1.50 bits per heavy atom. The predicted octanol–water partition coefficient (Wildman–Crippen LogP) is 1.88. The molecular formula is C10H12N4. The summed E-state index contributed by atoms with van der Waals surface area (Å²) >= 11 is 0. The van der Waals surface area contributed by atoms with Crippen LogP contribution in [0.5, 0.6) is 0 Å². The van der Waals surface area contributed by atoms with E-state index in [4.69, 9.17) is 5.73 Å². The van der Waals surface area contributed by atoms with Crippen LogP contribution in [0.3, 0.4) is 0 Å². The highest BCUT2D eigenvalue weighted by Crippen LogP contribution is 2.19. The first-order chi connectivity index (χ1) is 6.65. The molecule has 1 aromatic heterocycles. The highest BCUT2D eigenvalue weighted by atomic mass is 14.9. The monoisotopic (exact) mass is 188 g/mol. The minimum Gasteiger partial charge on any atom is -0.387 e. The Balaban J connectivity index is 2.56. The van der Waals surface area contributed by atoms with Crippen molar-refractivity contribution >= 4 is 22.6 Å². The van der Waals surface area contributed by atoms with Crippen LogP contribution < -0.4 is 5.73 Å². The third-order valence-corrected chi connectivity index (χ3v) is 1.89. The fourth-order valence-electron chi connectivity index (χ4n) is 1.40. The highest BCUT2D eigenvalue weighted by Gasteiger charge is 1.99. The second-order valence-electron chi connectivity index (χ2n) is 3.28. The molecule has 0 aliphatic rings. The van der Waals surface area contributed by atoms with Crippen LogP contribution in [0.15, 0.2) is 23.2 Å². The summed E-state index contributed by atoms with van der Waals surface area (Å²) in [6, 6.07) is 5.77. The summed E-state index contributed by atoms with van der Waals surface area (Å²) in [6.07, 6.45) is 0. The molecule has 0 saturated carbocycles. The molecule has 0 unspecified atom stereocenters. The van der Waals surface area contributed by atoms with Crippen molar-refractivity contribution in [3.05, 3.63) is 24.0 Å². The van der Waals surface area contributed by atoms with Gasteiger partial charge in [0, 0.05) is 0 Å². The molecule has 72 valence electrons. The van der Waals surface area contributed by atoms with Gasteiger partial charge in [-0.05, 0) is 32.0 Å². The van der Waals surface area contributed by atoms with Crippen LogP contribution in [0.1, 0.15) is 12.7 Å². The van der Waals surface area contributed by atoms with E-state index in [1.807, 2.05) is 25.1 Å². The van der Waals surface area contributed by atoms with Crippen molar-refractivity contribution in [3.8, 4) is 0 Å². The first kappa shape index (κ1) is 8.74. The Kier molecular flexibility index (Phi) is 1.96. The van der Waals surface area contributed by atoms with E-state index in [9.17, 15) is 0 Å². The number of H-pyrrole nitrogens is 1. The number of benzene rings is 1. The molecule has 0 fully saturated rings. The zero-order chi connectivity index (χ0) is 10.1. The van der Waals surface area contributed by atoms with Crippen molar-refractivity contribution in [1.82, 2.24) is 9.97 Å². The molecule has 1 heterocycles. The van der Waals surface area contributed by atoms with Crippen LogP contribution in [0.25, 0.3) is 11.0 Å². The molecule has 0 radical (unpaired) electrons. The average Bonchev–Trinajstić information content (AvgIpc) is 2.42. The number of aromatic nitrogens is 2. The molecule has 0 spiro atoms. The molecule has 1 aromatic carbocycles. The van der Waals surface area contributed by atoms with Crippen molar-refractivity contribution in [2.75, 3.05) is 0 Å². The van der Waals surface area contributed by atoms with Gasteiger partial charge in [0.05, 0.1) is 22.6 Å². The van der Waals surface area contributed by atoms with Gasteiger partial charge in [0.1, 0.15) is 5.82 Å². The first-order valence-electron chi connectivity index (χ1n) is 4.42. The maximum absolute atomic E-state index is 5.50. The Hall–Kier alpha value is -1.84. The van der Waals surface area contributed by atoms with E-state index < -0.39 is 0 Å². The SMILES string of the molecule is CC(N)=Nc1ccc2nc(C)[nH]c2c1. The van der Waals surface area contributed by atoms with Gasteiger partial charge in [0.15, 0.2) is 0 Å². The molecule has 0 aliphatic carbocycles. The van der Waals surface area contributed by atoms with Gasteiger partial charge in [-0.1, -0.05) is 0 Å². The Morgan fingerprint density at radius 2 is 2.29 bits per heavy atom. The molecule has 3 N–H and O–H groups in total. The van der Waals surface area contributed by atoms with Crippen molar-refractivity contribution in [2.45, 2.75) is 13.8 Å². The van der Waals surface area contributed by atoms with E-state index in [-0.39, 0.29) is 0 Å². The average molecular weight is 188 g/mol. The topological polar surface area (TPSA) is 67.1 Å². The lowest BCUT2D eigenvalue weighted by Gasteiger charge is -1.94. The quantitative estimate of drug-likeness (QED) is 0.530. The normalized spacial score (nSPS) is 12.3. The van der Waals surface area contributed by atoms with E-state index in [0.717, 1.165) is 22.5 Å². The van der Waals surface area contributed by atoms with Crippen LogP contribution in [-0.2, 0) is 0 Å². The van der Waals surface area contributed by atoms with Crippen LogP contribution in [0, 0.1) is 6.92 Å². The number of nitrogens with zero attached hydrogens (tertiary/aromatic N) is 2. The first-order valence-corrected chi connectivity index (χ1v) is 4.42. The zero-order valence-electron chi connectivity index (χ0n) is 8.20. The standard InChI is InChI=1S/C10H12N4/c1-6(11)12-8-3-4-9-10(5-8)14-7(2)13-9/h3-5H,1-2H3,(H2,11,12)(H,13,14). The Labute approximate surface area is 81.9 Å². The number of aliphatic imine (C=N–C) groups is 1. The maximum atomic E-state index is 5.50. The lowest BCUT2D eigenvalue weighted by atomic mass is 10.3. The number of nitrogens with two attached hydrogens (primary N) is 1. The van der Waals surface area contributed by atoms with E-state index in [2.05, 4.69) is 15.0 Å². The number of nitrogens with one attached hydrogen (secondary N) is 1. The molecule has 4 heteroatoms. The summed E-state index contributed by atoms with van der Waals surface area (Å²) < 4.78 is 0. The van der Waals surface area contributed by atoms with Crippen LogP contribution in [0.2, 0.25) is 0 Å². The second-order valence-corrected chi connectivity index (χ2v) is 3.28. The van der Waals surface area contributed by atoms with Gasteiger partial charge < -0.3 is 10.7 Å². The number of imidazole rings is 1. The van der Waals surface area contributed by atoms with Gasteiger partial charge in [-0.2, -0.15) is 0 Å². The van der Waals surface area contributed by atoms with Gasteiger partial charge in [0.2, 0.25) is 0 Å². The van der Waals surface area contributed by atoms with Gasteiger partial charge in [-0.15, -0.1) is 0 Å². The van der Waals surface area contributed by atoms with Crippen LogP contribution in [0.4, 0.5) is 5.69 Å². The number of aromatic amines is 1. The van der Waals surface area contributed by atoms with Gasteiger partial charge in [-0.3, -0.25) is 0 Å². The number of hydrogen-bond donors (Lipinski definition) is 2. The molecule has 14 heavy (non-hydrogen) atoms. The van der Waals surface area contributed by atoms with E-state index >= 15 is 0 Å². The zero-order valence-corrected chi connectivity index (χ0v) is 8.20. The fraction of sp³-hybridized carbons (Fsp3) is 0.200. The van der Waals surface area contributed by atoms with Crippen LogP contribution in [-0.4, -0.2) is 15.8 Å². The lowest BCUT2D eigenvalue weighted by molar-refractivity contribution is 1.17. The third-order valence-electron chi connectivity index (χ3n) is 1.89. The second kappa shape index (κ2) is 3.14. The molecule has 0 bridgehead atoms. The van der Waals surface area contributed by atoms with Crippen molar-refractivity contribution in [2.24, 2.45) is 10.7 Å². The minimum absolute atomic E-state index is 0.556. The summed E-state index contributed by atoms with van der Waals surface area (Å²) in [5.74, 6) is 1.46. The Morgan fingerprint density at radius 3 is 3.00 bits per heavy atom.